The van der Waals surface area contributed by atoms with E-state index in [1.165, 1.54) is 0 Å². The first kappa shape index (κ1) is 16.5. The van der Waals surface area contributed by atoms with Crippen molar-refractivity contribution in [2.24, 2.45) is 0 Å². The molecule has 0 saturated carbocycles. The Labute approximate surface area is 142 Å². The molecule has 1 aromatic heterocycles. The number of pyridine rings is 1. The van der Waals surface area contributed by atoms with Crippen LogP contribution in [0.4, 0.5) is 5.69 Å². The van der Waals surface area contributed by atoms with E-state index in [0.29, 0.717) is 5.69 Å². The van der Waals surface area contributed by atoms with Gasteiger partial charge in [0.25, 0.3) is 5.91 Å². The summed E-state index contributed by atoms with van der Waals surface area (Å²) >= 11 is 0. The minimum Gasteiger partial charge on any atom is -0.382 e. The number of carbonyl (C=O) groups excluding carboxylic acids is 1. The van der Waals surface area contributed by atoms with Gasteiger partial charge < -0.3 is 15.4 Å². The standard InChI is InChI=1S/C19H23N3O2/c1-14(15-6-3-2-4-7-15)22-19(23)18-12-16(9-10-20-18)21-13-17-8-5-11-24-17/h2-4,6-7,9-10,12,14,17H,5,8,11,13H2,1H3,(H,20,21)(H,22,23). The highest BCUT2D eigenvalue weighted by molar-refractivity contribution is 5.93. The number of aromatic nitrogens is 1. The van der Waals surface area contributed by atoms with Gasteiger partial charge in [0.2, 0.25) is 0 Å². The summed E-state index contributed by atoms with van der Waals surface area (Å²) in [4.78, 5) is 16.6. The molecule has 24 heavy (non-hydrogen) atoms. The molecule has 1 aliphatic rings. The fourth-order valence-corrected chi connectivity index (χ4v) is 2.80. The van der Waals surface area contributed by atoms with Crippen molar-refractivity contribution in [3.63, 3.8) is 0 Å². The fraction of sp³-hybridized carbons (Fsp3) is 0.368. The van der Waals surface area contributed by atoms with E-state index >= 15 is 0 Å². The SMILES string of the molecule is CC(NC(=O)c1cc(NCC2CCCO2)ccn1)c1ccccc1. The number of ether oxygens (including phenoxy) is 1. The monoisotopic (exact) mass is 325 g/mol. The maximum atomic E-state index is 12.4. The van der Waals surface area contributed by atoms with E-state index in [4.69, 9.17) is 4.74 Å². The van der Waals surface area contributed by atoms with Crippen LogP contribution in [0.25, 0.3) is 0 Å². The Morgan fingerprint density at radius 2 is 2.17 bits per heavy atom. The average Bonchev–Trinajstić information content (AvgIpc) is 3.14. The Morgan fingerprint density at radius 3 is 2.92 bits per heavy atom. The molecule has 1 amide bonds. The first-order chi connectivity index (χ1) is 11.7. The molecular formula is C19H23N3O2. The summed E-state index contributed by atoms with van der Waals surface area (Å²) in [5.41, 5.74) is 2.37. The van der Waals surface area contributed by atoms with Crippen molar-refractivity contribution >= 4 is 11.6 Å². The van der Waals surface area contributed by atoms with E-state index in [9.17, 15) is 4.79 Å². The molecule has 0 spiro atoms. The highest BCUT2D eigenvalue weighted by Gasteiger charge is 2.16. The molecule has 2 unspecified atom stereocenters. The maximum Gasteiger partial charge on any atom is 0.270 e. The molecule has 1 saturated heterocycles. The molecule has 3 rings (SSSR count). The van der Waals surface area contributed by atoms with Crippen molar-refractivity contribution in [2.75, 3.05) is 18.5 Å². The summed E-state index contributed by atoms with van der Waals surface area (Å²) in [6.07, 6.45) is 4.11. The van der Waals surface area contributed by atoms with Gasteiger partial charge in [0.15, 0.2) is 0 Å². The number of amides is 1. The highest BCUT2D eigenvalue weighted by Crippen LogP contribution is 2.15. The fourth-order valence-electron chi connectivity index (χ4n) is 2.80. The molecule has 1 aliphatic heterocycles. The Kier molecular flexibility index (Phi) is 5.43. The predicted octanol–water partition coefficient (Wildman–Crippen LogP) is 3.16. The Balaban J connectivity index is 1.59. The number of carbonyl (C=O) groups is 1. The van der Waals surface area contributed by atoms with E-state index < -0.39 is 0 Å². The first-order valence-corrected chi connectivity index (χ1v) is 8.40. The maximum absolute atomic E-state index is 12.4. The molecule has 2 N–H and O–H groups in total. The predicted molar refractivity (Wildman–Crippen MR) is 94.0 cm³/mol. The lowest BCUT2D eigenvalue weighted by atomic mass is 10.1. The minimum absolute atomic E-state index is 0.0657. The van der Waals surface area contributed by atoms with Gasteiger partial charge in [0, 0.05) is 25.0 Å². The molecule has 1 aromatic carbocycles. The first-order valence-electron chi connectivity index (χ1n) is 8.40. The van der Waals surface area contributed by atoms with E-state index in [-0.39, 0.29) is 18.1 Å². The average molecular weight is 325 g/mol. The van der Waals surface area contributed by atoms with Crippen LogP contribution in [0.1, 0.15) is 41.9 Å². The molecule has 2 aromatic rings. The Hall–Kier alpha value is -2.40. The van der Waals surface area contributed by atoms with Crippen LogP contribution in [0.15, 0.2) is 48.7 Å². The summed E-state index contributed by atoms with van der Waals surface area (Å²) in [5, 5.41) is 6.30. The minimum atomic E-state index is -0.174. The third-order valence-electron chi connectivity index (χ3n) is 4.20. The van der Waals surface area contributed by atoms with Gasteiger partial charge in [0.05, 0.1) is 12.1 Å². The number of anilines is 1. The third kappa shape index (κ3) is 4.32. The third-order valence-corrected chi connectivity index (χ3v) is 4.20. The topological polar surface area (TPSA) is 63.2 Å². The zero-order valence-corrected chi connectivity index (χ0v) is 13.9. The van der Waals surface area contributed by atoms with Crippen LogP contribution in [0.2, 0.25) is 0 Å². The van der Waals surface area contributed by atoms with E-state index in [1.54, 1.807) is 12.3 Å². The molecule has 0 radical (unpaired) electrons. The molecule has 5 heteroatoms. The van der Waals surface area contributed by atoms with Crippen molar-refractivity contribution in [3.05, 3.63) is 59.9 Å². The molecule has 1 fully saturated rings. The normalized spacial score (nSPS) is 18.1. The zero-order chi connectivity index (χ0) is 16.8. The van der Waals surface area contributed by atoms with Crippen molar-refractivity contribution in [1.29, 1.82) is 0 Å². The summed E-state index contributed by atoms with van der Waals surface area (Å²) in [5.74, 6) is -0.174. The van der Waals surface area contributed by atoms with Gasteiger partial charge in [-0.1, -0.05) is 30.3 Å². The smallest absolute Gasteiger partial charge is 0.270 e. The summed E-state index contributed by atoms with van der Waals surface area (Å²) in [6.45, 7) is 3.56. The summed E-state index contributed by atoms with van der Waals surface area (Å²) < 4.78 is 5.60. The largest absolute Gasteiger partial charge is 0.382 e. The number of nitrogens with zero attached hydrogens (tertiary/aromatic N) is 1. The van der Waals surface area contributed by atoms with Crippen molar-refractivity contribution in [1.82, 2.24) is 10.3 Å². The van der Waals surface area contributed by atoms with Crippen LogP contribution >= 0.6 is 0 Å². The Morgan fingerprint density at radius 1 is 1.33 bits per heavy atom. The lowest BCUT2D eigenvalue weighted by molar-refractivity contribution is 0.0935. The molecule has 5 nitrogen and oxygen atoms in total. The number of rotatable bonds is 6. The lowest BCUT2D eigenvalue weighted by Crippen LogP contribution is -2.27. The zero-order valence-electron chi connectivity index (χ0n) is 13.9. The van der Waals surface area contributed by atoms with Gasteiger partial charge in [-0.25, -0.2) is 0 Å². The highest BCUT2D eigenvalue weighted by atomic mass is 16.5. The molecule has 0 bridgehead atoms. The number of benzene rings is 1. The van der Waals surface area contributed by atoms with Gasteiger partial charge in [-0.15, -0.1) is 0 Å². The van der Waals surface area contributed by atoms with E-state index in [1.807, 2.05) is 43.3 Å². The summed E-state index contributed by atoms with van der Waals surface area (Å²) in [6, 6.07) is 13.5. The summed E-state index contributed by atoms with van der Waals surface area (Å²) in [7, 11) is 0. The Bertz CT molecular complexity index is 669. The lowest BCUT2D eigenvalue weighted by Gasteiger charge is -2.15. The van der Waals surface area contributed by atoms with E-state index in [0.717, 1.165) is 37.2 Å². The van der Waals surface area contributed by atoms with Crippen LogP contribution in [0.3, 0.4) is 0 Å². The van der Waals surface area contributed by atoms with Crippen LogP contribution in [-0.4, -0.2) is 30.1 Å². The van der Waals surface area contributed by atoms with Gasteiger partial charge in [-0.2, -0.15) is 0 Å². The van der Waals surface area contributed by atoms with Crippen LogP contribution < -0.4 is 10.6 Å². The van der Waals surface area contributed by atoms with Crippen molar-refractivity contribution in [2.45, 2.75) is 31.9 Å². The second-order valence-electron chi connectivity index (χ2n) is 6.05. The molecule has 2 heterocycles. The molecular weight excluding hydrogens is 302 g/mol. The van der Waals surface area contributed by atoms with Gasteiger partial charge in [0.1, 0.15) is 5.69 Å². The van der Waals surface area contributed by atoms with Crippen LogP contribution in [-0.2, 0) is 4.74 Å². The van der Waals surface area contributed by atoms with Crippen molar-refractivity contribution in [3.8, 4) is 0 Å². The molecule has 2 atom stereocenters. The number of nitrogens with one attached hydrogen (secondary N) is 2. The molecule has 0 aliphatic carbocycles. The van der Waals surface area contributed by atoms with E-state index in [2.05, 4.69) is 15.6 Å². The van der Waals surface area contributed by atoms with Crippen molar-refractivity contribution < 1.29 is 9.53 Å². The number of hydrogen-bond acceptors (Lipinski definition) is 4. The van der Waals surface area contributed by atoms with Crippen LogP contribution in [0.5, 0.6) is 0 Å². The van der Waals surface area contributed by atoms with Crippen LogP contribution in [0, 0.1) is 0 Å². The second-order valence-corrected chi connectivity index (χ2v) is 6.05. The quantitative estimate of drug-likeness (QED) is 0.856. The van der Waals surface area contributed by atoms with Gasteiger partial charge in [-0.3, -0.25) is 9.78 Å². The number of hydrogen-bond donors (Lipinski definition) is 2. The van der Waals surface area contributed by atoms with Gasteiger partial charge >= 0.3 is 0 Å². The second kappa shape index (κ2) is 7.93. The van der Waals surface area contributed by atoms with Gasteiger partial charge in [-0.05, 0) is 37.5 Å². The molecule has 126 valence electrons.